The maximum Gasteiger partial charge on any atom is 0.162 e. The average Bonchev–Trinajstić information content (AvgIpc) is 2.28. The summed E-state index contributed by atoms with van der Waals surface area (Å²) >= 11 is 0. The van der Waals surface area contributed by atoms with Gasteiger partial charge in [0.05, 0.1) is 7.11 Å². The highest BCUT2D eigenvalue weighted by Gasteiger charge is 2.26. The molecule has 0 aromatic carbocycles. The summed E-state index contributed by atoms with van der Waals surface area (Å²) < 4.78 is 0. The zero-order valence-electron chi connectivity index (χ0n) is 8.20. The van der Waals surface area contributed by atoms with Gasteiger partial charge in [-0.15, -0.1) is 0 Å². The van der Waals surface area contributed by atoms with Crippen LogP contribution in [-0.2, 0) is 4.84 Å². The number of hydrogen-bond acceptors (Lipinski definition) is 2. The third-order valence-corrected chi connectivity index (χ3v) is 2.12. The van der Waals surface area contributed by atoms with E-state index < -0.39 is 5.54 Å². The Hall–Kier alpha value is -0.900. The molecule has 3 nitrogen and oxygen atoms in total. The first-order valence-corrected chi connectivity index (χ1v) is 4.22. The number of hydroxylamine groups is 2. The highest BCUT2D eigenvalue weighted by Crippen LogP contribution is 2.10. The van der Waals surface area contributed by atoms with Gasteiger partial charge in [-0.3, -0.25) is 0 Å². The largest absolute Gasteiger partial charge is 0.599 e. The van der Waals surface area contributed by atoms with Crippen molar-refractivity contribution in [3.63, 3.8) is 0 Å². The van der Waals surface area contributed by atoms with Gasteiger partial charge in [0, 0.05) is 6.92 Å². The molecule has 0 heterocycles. The van der Waals surface area contributed by atoms with Crippen molar-refractivity contribution in [2.24, 2.45) is 0 Å². The third kappa shape index (κ3) is 2.28. The van der Waals surface area contributed by atoms with E-state index in [1.54, 1.807) is 0 Å². The number of allylic oxidation sites excluding steroid dienone is 4. The van der Waals surface area contributed by atoms with Gasteiger partial charge in [0.15, 0.2) is 5.54 Å². The van der Waals surface area contributed by atoms with Gasteiger partial charge in [-0.1, -0.05) is 23.8 Å². The zero-order chi connectivity index (χ0) is 9.90. The van der Waals surface area contributed by atoms with Gasteiger partial charge in [-0.2, -0.15) is 0 Å². The quantitative estimate of drug-likeness (QED) is 0.638. The minimum Gasteiger partial charge on any atom is -0.599 e. The number of nitrogens with one attached hydrogen (secondary N) is 1. The maximum atomic E-state index is 11.4. The molecule has 0 radical (unpaired) electrons. The predicted molar refractivity (Wildman–Crippen MR) is 51.8 cm³/mol. The Labute approximate surface area is 78.5 Å². The molecule has 0 bridgehead atoms. The summed E-state index contributed by atoms with van der Waals surface area (Å²) in [7, 11) is 1.40. The average molecular weight is 181 g/mol. The van der Waals surface area contributed by atoms with E-state index in [1.807, 2.05) is 44.2 Å². The topological polar surface area (TPSA) is 36.7 Å². The second kappa shape index (κ2) is 3.87. The van der Waals surface area contributed by atoms with Crippen molar-refractivity contribution in [1.29, 1.82) is 0 Å². The van der Waals surface area contributed by atoms with E-state index in [9.17, 15) is 5.21 Å². The lowest BCUT2D eigenvalue weighted by molar-refractivity contribution is -1.08. The Morgan fingerprint density at radius 3 is 2.77 bits per heavy atom. The SMILES string of the molecule is CO[NH+]([O-])C1(C)C=CC=C(C)C=C1. The molecule has 0 amide bonds. The highest BCUT2D eigenvalue weighted by atomic mass is 16.9. The van der Waals surface area contributed by atoms with Crippen molar-refractivity contribution >= 4 is 0 Å². The Bertz CT molecular complexity index is 268. The molecule has 0 saturated heterocycles. The van der Waals surface area contributed by atoms with Crippen LogP contribution in [0.3, 0.4) is 0 Å². The van der Waals surface area contributed by atoms with Crippen LogP contribution in [0.2, 0.25) is 0 Å². The standard InChI is InChI=1S/C10H15NO2/c1-9-5-4-7-10(2,8-6-9)11(12)13-3/h4-8,11H,1-3H3. The molecule has 0 fully saturated rings. The molecule has 2 unspecified atom stereocenters. The molecule has 1 aliphatic carbocycles. The van der Waals surface area contributed by atoms with Gasteiger partial charge in [0.1, 0.15) is 0 Å². The van der Waals surface area contributed by atoms with Crippen molar-refractivity contribution in [2.75, 3.05) is 7.11 Å². The molecule has 0 aromatic rings. The first-order valence-electron chi connectivity index (χ1n) is 4.22. The van der Waals surface area contributed by atoms with Crippen molar-refractivity contribution in [3.05, 3.63) is 41.2 Å². The molecule has 1 N–H and O–H groups in total. The minimum absolute atomic E-state index is 0.233. The number of rotatable bonds is 2. The van der Waals surface area contributed by atoms with Crippen LogP contribution in [-0.4, -0.2) is 12.6 Å². The van der Waals surface area contributed by atoms with E-state index >= 15 is 0 Å². The van der Waals surface area contributed by atoms with Crippen LogP contribution < -0.4 is 5.23 Å². The van der Waals surface area contributed by atoms with Crippen molar-refractivity contribution in [2.45, 2.75) is 19.4 Å². The smallest absolute Gasteiger partial charge is 0.162 e. The summed E-state index contributed by atoms with van der Waals surface area (Å²) in [5, 5.41) is 11.2. The maximum absolute atomic E-state index is 11.4. The van der Waals surface area contributed by atoms with E-state index in [0.717, 1.165) is 5.57 Å². The molecule has 1 rings (SSSR count). The van der Waals surface area contributed by atoms with Crippen molar-refractivity contribution in [3.8, 4) is 0 Å². The molecule has 1 aliphatic rings. The Morgan fingerprint density at radius 2 is 2.15 bits per heavy atom. The summed E-state index contributed by atoms with van der Waals surface area (Å²) in [5.74, 6) is 0. The van der Waals surface area contributed by atoms with E-state index in [-0.39, 0.29) is 5.23 Å². The summed E-state index contributed by atoms with van der Waals surface area (Å²) in [4.78, 5) is 4.72. The van der Waals surface area contributed by atoms with E-state index in [1.165, 1.54) is 7.11 Å². The van der Waals surface area contributed by atoms with Gasteiger partial charge in [-0.05, 0) is 19.1 Å². The van der Waals surface area contributed by atoms with Gasteiger partial charge in [0.25, 0.3) is 0 Å². The Balaban J connectivity index is 2.89. The first-order chi connectivity index (χ1) is 6.08. The predicted octanol–water partition coefficient (Wildman–Crippen LogP) is 0.762. The number of hydrogen-bond donors (Lipinski definition) is 1. The van der Waals surface area contributed by atoms with Gasteiger partial charge in [-0.25, -0.2) is 10.1 Å². The van der Waals surface area contributed by atoms with Crippen LogP contribution in [0.4, 0.5) is 0 Å². The number of quaternary nitrogens is 1. The first kappa shape index (κ1) is 10.2. The fourth-order valence-electron chi connectivity index (χ4n) is 1.17. The minimum atomic E-state index is -0.622. The normalized spacial score (nSPS) is 29.7. The van der Waals surface area contributed by atoms with E-state index in [0.29, 0.717) is 0 Å². The molecule has 0 saturated carbocycles. The summed E-state index contributed by atoms with van der Waals surface area (Å²) in [6.07, 6.45) is 9.47. The Morgan fingerprint density at radius 1 is 1.46 bits per heavy atom. The van der Waals surface area contributed by atoms with Gasteiger partial charge >= 0.3 is 0 Å². The monoisotopic (exact) mass is 181 g/mol. The summed E-state index contributed by atoms with van der Waals surface area (Å²) in [6.45, 7) is 3.82. The Kier molecular flexibility index (Phi) is 3.03. The highest BCUT2D eigenvalue weighted by molar-refractivity contribution is 5.30. The van der Waals surface area contributed by atoms with Gasteiger partial charge < -0.3 is 5.21 Å². The molecule has 0 aliphatic heterocycles. The van der Waals surface area contributed by atoms with E-state index in [2.05, 4.69) is 0 Å². The van der Waals surface area contributed by atoms with Crippen molar-refractivity contribution < 1.29 is 10.1 Å². The lowest BCUT2D eigenvalue weighted by Crippen LogP contribution is -3.13. The van der Waals surface area contributed by atoms with Gasteiger partial charge in [0.2, 0.25) is 0 Å². The van der Waals surface area contributed by atoms with Crippen LogP contribution >= 0.6 is 0 Å². The summed E-state index contributed by atoms with van der Waals surface area (Å²) in [6, 6.07) is 0. The molecule has 3 heteroatoms. The molecule has 13 heavy (non-hydrogen) atoms. The molecular formula is C10H15NO2. The fourth-order valence-corrected chi connectivity index (χ4v) is 1.17. The van der Waals surface area contributed by atoms with Crippen molar-refractivity contribution in [1.82, 2.24) is 0 Å². The molecule has 72 valence electrons. The lowest BCUT2D eigenvalue weighted by atomic mass is 10.0. The molecular weight excluding hydrogens is 166 g/mol. The molecule has 0 spiro atoms. The van der Waals surface area contributed by atoms with Crippen LogP contribution in [0.15, 0.2) is 36.0 Å². The zero-order valence-corrected chi connectivity index (χ0v) is 8.20. The van der Waals surface area contributed by atoms with Crippen LogP contribution in [0.1, 0.15) is 13.8 Å². The second-order valence-electron chi connectivity index (χ2n) is 3.38. The van der Waals surface area contributed by atoms with Crippen LogP contribution in [0.5, 0.6) is 0 Å². The van der Waals surface area contributed by atoms with E-state index in [4.69, 9.17) is 4.84 Å². The van der Waals surface area contributed by atoms with Crippen LogP contribution in [0.25, 0.3) is 0 Å². The fraction of sp³-hybridized carbons (Fsp3) is 0.400. The third-order valence-electron chi connectivity index (χ3n) is 2.12. The second-order valence-corrected chi connectivity index (χ2v) is 3.38. The molecule has 0 aromatic heterocycles. The van der Waals surface area contributed by atoms with Crippen LogP contribution in [0, 0.1) is 5.21 Å². The summed E-state index contributed by atoms with van der Waals surface area (Å²) in [5.41, 5.74) is 0.507. The lowest BCUT2D eigenvalue weighted by Gasteiger charge is -2.32. The molecule has 2 atom stereocenters.